The van der Waals surface area contributed by atoms with Crippen molar-refractivity contribution in [2.75, 3.05) is 26.5 Å². The zero-order valence-electron chi connectivity index (χ0n) is 14.2. The van der Waals surface area contributed by atoms with Crippen LogP contribution in [0.25, 0.3) is 0 Å². The van der Waals surface area contributed by atoms with Crippen molar-refractivity contribution in [3.63, 3.8) is 0 Å². The lowest BCUT2D eigenvalue weighted by Crippen LogP contribution is -2.39. The molecule has 23 heavy (non-hydrogen) atoms. The molecule has 1 amide bonds. The first-order valence-electron chi connectivity index (χ1n) is 7.60. The summed E-state index contributed by atoms with van der Waals surface area (Å²) in [7, 11) is -1.67. The SMILES string of the molecule is COc1ccc(CCNC(=O)CCN(C(C)C)S(C)(=O)=O)cc1. The van der Waals surface area contributed by atoms with Crippen LogP contribution in [0.2, 0.25) is 0 Å². The summed E-state index contributed by atoms with van der Waals surface area (Å²) in [5.74, 6) is 0.653. The van der Waals surface area contributed by atoms with Gasteiger partial charge in [0.05, 0.1) is 13.4 Å². The summed E-state index contributed by atoms with van der Waals surface area (Å²) in [6.07, 6.45) is 2.04. The number of carbonyl (C=O) groups excluding carboxylic acids is 1. The molecule has 0 unspecified atom stereocenters. The summed E-state index contributed by atoms with van der Waals surface area (Å²) in [6.45, 7) is 4.31. The molecule has 0 bridgehead atoms. The minimum atomic E-state index is -3.29. The van der Waals surface area contributed by atoms with E-state index in [2.05, 4.69) is 5.32 Å². The normalized spacial score (nSPS) is 11.7. The van der Waals surface area contributed by atoms with E-state index in [4.69, 9.17) is 4.74 Å². The van der Waals surface area contributed by atoms with Gasteiger partial charge >= 0.3 is 0 Å². The van der Waals surface area contributed by atoms with E-state index in [1.165, 1.54) is 4.31 Å². The largest absolute Gasteiger partial charge is 0.497 e. The second-order valence-corrected chi connectivity index (χ2v) is 7.60. The van der Waals surface area contributed by atoms with Crippen molar-refractivity contribution in [3.8, 4) is 5.75 Å². The Hall–Kier alpha value is -1.60. The first kappa shape index (κ1) is 19.4. The van der Waals surface area contributed by atoms with E-state index in [1.807, 2.05) is 24.3 Å². The third-order valence-corrected chi connectivity index (χ3v) is 4.91. The van der Waals surface area contributed by atoms with Crippen molar-refractivity contribution in [2.45, 2.75) is 32.7 Å². The molecule has 7 heteroatoms. The number of amides is 1. The highest BCUT2D eigenvalue weighted by atomic mass is 32.2. The maximum Gasteiger partial charge on any atom is 0.221 e. The fraction of sp³-hybridized carbons (Fsp3) is 0.562. The average molecular weight is 342 g/mol. The number of hydrogen-bond donors (Lipinski definition) is 1. The van der Waals surface area contributed by atoms with Crippen LogP contribution in [0.15, 0.2) is 24.3 Å². The van der Waals surface area contributed by atoms with Crippen LogP contribution in [-0.2, 0) is 21.2 Å². The van der Waals surface area contributed by atoms with Crippen molar-refractivity contribution < 1.29 is 17.9 Å². The van der Waals surface area contributed by atoms with Crippen molar-refractivity contribution in [1.29, 1.82) is 0 Å². The van der Waals surface area contributed by atoms with Gasteiger partial charge in [0.25, 0.3) is 0 Å². The predicted molar refractivity (Wildman–Crippen MR) is 91.0 cm³/mol. The van der Waals surface area contributed by atoms with Crippen LogP contribution in [0.5, 0.6) is 5.75 Å². The van der Waals surface area contributed by atoms with E-state index in [9.17, 15) is 13.2 Å². The molecule has 0 saturated carbocycles. The van der Waals surface area contributed by atoms with Crippen LogP contribution in [0.1, 0.15) is 25.8 Å². The summed E-state index contributed by atoms with van der Waals surface area (Å²) in [4.78, 5) is 11.8. The molecule has 0 radical (unpaired) electrons. The van der Waals surface area contributed by atoms with Gasteiger partial charge in [-0.3, -0.25) is 4.79 Å². The second kappa shape index (κ2) is 8.88. The summed E-state index contributed by atoms with van der Waals surface area (Å²) in [5.41, 5.74) is 1.10. The van der Waals surface area contributed by atoms with Gasteiger partial charge in [0.2, 0.25) is 15.9 Å². The zero-order chi connectivity index (χ0) is 17.5. The maximum absolute atomic E-state index is 11.8. The molecular weight excluding hydrogens is 316 g/mol. The molecule has 0 aliphatic rings. The zero-order valence-corrected chi connectivity index (χ0v) is 15.0. The van der Waals surface area contributed by atoms with Crippen molar-refractivity contribution in [3.05, 3.63) is 29.8 Å². The van der Waals surface area contributed by atoms with Gasteiger partial charge < -0.3 is 10.1 Å². The molecule has 0 spiro atoms. The predicted octanol–water partition coefficient (Wildman–Crippen LogP) is 1.41. The Kier molecular flexibility index (Phi) is 7.51. The van der Waals surface area contributed by atoms with Crippen LogP contribution in [-0.4, -0.2) is 51.1 Å². The highest BCUT2D eigenvalue weighted by molar-refractivity contribution is 7.88. The molecule has 1 rings (SSSR count). The molecule has 130 valence electrons. The van der Waals surface area contributed by atoms with Gasteiger partial charge in [0.1, 0.15) is 5.75 Å². The Morgan fingerprint density at radius 3 is 2.35 bits per heavy atom. The van der Waals surface area contributed by atoms with Crippen LogP contribution in [0, 0.1) is 0 Å². The van der Waals surface area contributed by atoms with Gasteiger partial charge in [0.15, 0.2) is 0 Å². The quantitative estimate of drug-likeness (QED) is 0.736. The van der Waals surface area contributed by atoms with E-state index in [0.717, 1.165) is 24.0 Å². The molecule has 1 N–H and O–H groups in total. The Morgan fingerprint density at radius 1 is 1.26 bits per heavy atom. The van der Waals surface area contributed by atoms with Gasteiger partial charge in [-0.25, -0.2) is 8.42 Å². The fourth-order valence-electron chi connectivity index (χ4n) is 2.25. The summed E-state index contributed by atoms with van der Waals surface area (Å²) in [6, 6.07) is 7.51. The van der Waals surface area contributed by atoms with Gasteiger partial charge in [-0.2, -0.15) is 4.31 Å². The molecule has 0 fully saturated rings. The van der Waals surface area contributed by atoms with E-state index in [0.29, 0.717) is 6.54 Å². The van der Waals surface area contributed by atoms with Crippen LogP contribution < -0.4 is 10.1 Å². The summed E-state index contributed by atoms with van der Waals surface area (Å²) in [5, 5.41) is 2.81. The number of hydrogen-bond acceptors (Lipinski definition) is 4. The first-order chi connectivity index (χ1) is 10.7. The number of ether oxygens (including phenoxy) is 1. The molecule has 6 nitrogen and oxygen atoms in total. The molecular formula is C16H26N2O4S. The molecule has 0 aromatic heterocycles. The van der Waals surface area contributed by atoms with E-state index >= 15 is 0 Å². The van der Waals surface area contributed by atoms with Gasteiger partial charge in [-0.15, -0.1) is 0 Å². The van der Waals surface area contributed by atoms with Crippen LogP contribution in [0.3, 0.4) is 0 Å². The maximum atomic E-state index is 11.8. The minimum Gasteiger partial charge on any atom is -0.497 e. The monoisotopic (exact) mass is 342 g/mol. The number of methoxy groups -OCH3 is 1. The molecule has 0 aliphatic heterocycles. The lowest BCUT2D eigenvalue weighted by atomic mass is 10.1. The lowest BCUT2D eigenvalue weighted by Gasteiger charge is -2.23. The van der Waals surface area contributed by atoms with Gasteiger partial charge in [-0.05, 0) is 38.0 Å². The number of carbonyl (C=O) groups is 1. The summed E-state index contributed by atoms with van der Waals surface area (Å²) < 4.78 is 29.7. The van der Waals surface area contributed by atoms with Crippen LogP contribution >= 0.6 is 0 Å². The topological polar surface area (TPSA) is 75.7 Å². The molecule has 0 heterocycles. The molecule has 1 aromatic rings. The minimum absolute atomic E-state index is 0.146. The van der Waals surface area contributed by atoms with E-state index in [1.54, 1.807) is 21.0 Å². The van der Waals surface area contributed by atoms with Crippen molar-refractivity contribution >= 4 is 15.9 Å². The first-order valence-corrected chi connectivity index (χ1v) is 9.45. The summed E-state index contributed by atoms with van der Waals surface area (Å²) >= 11 is 0. The third kappa shape index (κ3) is 7.00. The molecule has 0 aliphatic carbocycles. The van der Waals surface area contributed by atoms with Gasteiger partial charge in [0, 0.05) is 25.6 Å². The average Bonchev–Trinajstić information content (AvgIpc) is 2.46. The Morgan fingerprint density at radius 2 is 1.87 bits per heavy atom. The highest BCUT2D eigenvalue weighted by Crippen LogP contribution is 2.11. The molecule has 0 atom stereocenters. The number of nitrogens with one attached hydrogen (secondary N) is 1. The van der Waals surface area contributed by atoms with Crippen molar-refractivity contribution in [2.24, 2.45) is 0 Å². The van der Waals surface area contributed by atoms with E-state index in [-0.39, 0.29) is 24.9 Å². The molecule has 0 saturated heterocycles. The highest BCUT2D eigenvalue weighted by Gasteiger charge is 2.20. The molecule has 1 aromatic carbocycles. The lowest BCUT2D eigenvalue weighted by molar-refractivity contribution is -0.121. The number of benzene rings is 1. The smallest absolute Gasteiger partial charge is 0.221 e. The Labute approximate surface area is 138 Å². The number of rotatable bonds is 9. The Bertz CT molecular complexity index is 597. The fourth-order valence-corrected chi connectivity index (χ4v) is 3.43. The van der Waals surface area contributed by atoms with Crippen LogP contribution in [0.4, 0.5) is 0 Å². The van der Waals surface area contributed by atoms with Gasteiger partial charge in [-0.1, -0.05) is 12.1 Å². The number of sulfonamides is 1. The standard InChI is InChI=1S/C16H26N2O4S/c1-13(2)18(23(4,20)21)12-10-16(19)17-11-9-14-5-7-15(22-3)8-6-14/h5-8,13H,9-12H2,1-4H3,(H,17,19). The van der Waals surface area contributed by atoms with E-state index < -0.39 is 10.0 Å². The third-order valence-electron chi connectivity index (χ3n) is 3.46. The number of nitrogens with zero attached hydrogens (tertiary/aromatic N) is 1. The Balaban J connectivity index is 2.36. The van der Waals surface area contributed by atoms with Crippen molar-refractivity contribution in [1.82, 2.24) is 9.62 Å². The second-order valence-electron chi connectivity index (χ2n) is 5.67.